The van der Waals surface area contributed by atoms with Gasteiger partial charge in [-0.2, -0.15) is 0 Å². The fourth-order valence-electron chi connectivity index (χ4n) is 3.60. The van der Waals surface area contributed by atoms with Crippen LogP contribution in [-0.2, 0) is 23.3 Å². The first-order valence-corrected chi connectivity index (χ1v) is 13.2. The normalized spacial score (nSPS) is 13.4. The molecule has 3 heterocycles. The first kappa shape index (κ1) is 28.1. The Hall–Kier alpha value is -3.50. The highest BCUT2D eigenvalue weighted by Crippen LogP contribution is 2.22. The second-order valence-electron chi connectivity index (χ2n) is 9.76. The van der Waals surface area contributed by atoms with Crippen LogP contribution in [-0.4, -0.2) is 39.8 Å². The lowest BCUT2D eigenvalue weighted by Crippen LogP contribution is -2.35. The van der Waals surface area contributed by atoms with Crippen LogP contribution >= 0.6 is 11.3 Å². The van der Waals surface area contributed by atoms with E-state index in [0.29, 0.717) is 28.8 Å². The summed E-state index contributed by atoms with van der Waals surface area (Å²) in [5, 5.41) is 6.51. The molecule has 37 heavy (non-hydrogen) atoms. The number of hydrogen-bond donors (Lipinski definition) is 3. The van der Waals surface area contributed by atoms with E-state index >= 15 is 0 Å². The van der Waals surface area contributed by atoms with Crippen LogP contribution in [0.3, 0.4) is 0 Å². The van der Waals surface area contributed by atoms with Gasteiger partial charge in [-0.1, -0.05) is 27.4 Å². The summed E-state index contributed by atoms with van der Waals surface area (Å²) >= 11 is 1.49. The molecule has 0 unspecified atom stereocenters. The molecule has 0 aliphatic carbocycles. The number of oxazole rings is 1. The molecular formula is C27H36N6O3S. The second-order valence-corrected chi connectivity index (χ2v) is 10.9. The maximum Gasteiger partial charge on any atom is 0.253 e. The molecule has 0 saturated carbocycles. The van der Waals surface area contributed by atoms with Crippen molar-refractivity contribution in [2.45, 2.75) is 58.5 Å². The zero-order chi connectivity index (χ0) is 26.8. The van der Waals surface area contributed by atoms with Crippen molar-refractivity contribution in [1.82, 2.24) is 20.2 Å². The minimum atomic E-state index is -0.255. The number of amides is 2. The maximum atomic E-state index is 12.2. The number of rotatable bonds is 7. The van der Waals surface area contributed by atoms with Gasteiger partial charge in [0.15, 0.2) is 5.13 Å². The monoisotopic (exact) mass is 524 g/mol. The van der Waals surface area contributed by atoms with Crippen molar-refractivity contribution in [3.8, 4) is 0 Å². The molecule has 1 aromatic carbocycles. The number of likely N-dealkylation sites (tertiary alicyclic amines) is 1. The molecule has 0 bridgehead atoms. The van der Waals surface area contributed by atoms with Gasteiger partial charge in [0.2, 0.25) is 11.8 Å². The average molecular weight is 525 g/mol. The Labute approximate surface area is 222 Å². The molecule has 2 aromatic heterocycles. The van der Waals surface area contributed by atoms with Gasteiger partial charge in [-0.05, 0) is 49.6 Å². The van der Waals surface area contributed by atoms with Crippen LogP contribution in [0.2, 0.25) is 0 Å². The van der Waals surface area contributed by atoms with E-state index in [1.54, 1.807) is 36.7 Å². The van der Waals surface area contributed by atoms with Crippen molar-refractivity contribution in [2.24, 2.45) is 0 Å². The lowest BCUT2D eigenvalue weighted by molar-refractivity contribution is -0.111. The van der Waals surface area contributed by atoms with Crippen molar-refractivity contribution in [3.05, 3.63) is 71.4 Å². The average Bonchev–Trinajstić information content (AvgIpc) is 3.54. The lowest BCUT2D eigenvalue weighted by Gasteiger charge is -2.26. The molecule has 4 N–H and O–H groups in total. The third-order valence-electron chi connectivity index (χ3n) is 5.67. The van der Waals surface area contributed by atoms with Gasteiger partial charge in [-0.25, -0.2) is 9.97 Å². The van der Waals surface area contributed by atoms with Crippen molar-refractivity contribution in [1.29, 1.82) is 0 Å². The first-order chi connectivity index (χ1) is 17.7. The number of anilines is 2. The van der Waals surface area contributed by atoms with Gasteiger partial charge in [-0.15, -0.1) is 11.3 Å². The third-order valence-corrected chi connectivity index (χ3v) is 6.49. The molecule has 1 saturated heterocycles. The topological polar surface area (TPSA) is 126 Å². The Kier molecular flexibility index (Phi) is 9.99. The molecule has 0 spiro atoms. The van der Waals surface area contributed by atoms with Gasteiger partial charge in [0, 0.05) is 47.4 Å². The highest BCUT2D eigenvalue weighted by Gasteiger charge is 2.19. The number of nitrogens with one attached hydrogen (secondary N) is 2. The number of nitrogens with two attached hydrogens (primary N) is 1. The summed E-state index contributed by atoms with van der Waals surface area (Å²) in [5.41, 5.74) is 6.89. The summed E-state index contributed by atoms with van der Waals surface area (Å²) < 4.78 is 5.68. The van der Waals surface area contributed by atoms with E-state index in [2.05, 4.69) is 48.0 Å². The fourth-order valence-corrected chi connectivity index (χ4v) is 4.26. The fraction of sp³-hybridized carbons (Fsp3) is 0.407. The molecule has 1 fully saturated rings. The standard InChI is InChI=1S/C15H18N2O2.C12H18N4OS/c1-2-14(18)16-13-8-6-12(7-9-13)15(19)17-10-4-3-5-11-17;1-12(2,3)9-6-15-10(17-9)7-14-4-8-5-16-11(13)18-8/h2,6-9H,1,3-5,10-11H2,(H,16,18);5-6,14H,4,7H2,1-3H3,(H2,13,16). The molecule has 1 aliphatic heterocycles. The molecule has 0 radical (unpaired) electrons. The second kappa shape index (κ2) is 13.2. The Balaban J connectivity index is 0.000000206. The minimum absolute atomic E-state index is 0.00261. The molecule has 0 atom stereocenters. The van der Waals surface area contributed by atoms with Crippen LogP contribution in [0.1, 0.15) is 66.9 Å². The maximum absolute atomic E-state index is 12.2. The predicted molar refractivity (Wildman–Crippen MR) is 147 cm³/mol. The van der Waals surface area contributed by atoms with Gasteiger partial charge in [-0.3, -0.25) is 9.59 Å². The van der Waals surface area contributed by atoms with Crippen LogP contribution in [0, 0.1) is 0 Å². The van der Waals surface area contributed by atoms with Gasteiger partial charge in [0.05, 0.1) is 12.7 Å². The molecule has 3 aromatic rings. The predicted octanol–water partition coefficient (Wildman–Crippen LogP) is 4.74. The number of aromatic nitrogens is 2. The largest absolute Gasteiger partial charge is 0.444 e. The van der Waals surface area contributed by atoms with Gasteiger partial charge < -0.3 is 25.7 Å². The van der Waals surface area contributed by atoms with Crippen LogP contribution in [0.25, 0.3) is 0 Å². The zero-order valence-electron chi connectivity index (χ0n) is 21.8. The molecule has 9 nitrogen and oxygen atoms in total. The zero-order valence-corrected chi connectivity index (χ0v) is 22.6. The molecule has 4 rings (SSSR count). The minimum Gasteiger partial charge on any atom is -0.444 e. The van der Waals surface area contributed by atoms with E-state index in [1.165, 1.54) is 23.8 Å². The Bertz CT molecular complexity index is 1170. The summed E-state index contributed by atoms with van der Waals surface area (Å²) in [7, 11) is 0. The summed E-state index contributed by atoms with van der Waals surface area (Å²) in [5.74, 6) is 1.43. The van der Waals surface area contributed by atoms with Crippen LogP contribution in [0.4, 0.5) is 10.8 Å². The van der Waals surface area contributed by atoms with E-state index in [9.17, 15) is 9.59 Å². The third kappa shape index (κ3) is 8.83. The van der Waals surface area contributed by atoms with Gasteiger partial charge >= 0.3 is 0 Å². The first-order valence-electron chi connectivity index (χ1n) is 12.3. The van der Waals surface area contributed by atoms with Crippen molar-refractivity contribution in [2.75, 3.05) is 24.1 Å². The number of thiazole rings is 1. The number of benzene rings is 1. The Morgan fingerprint density at radius 1 is 1.11 bits per heavy atom. The number of piperidine rings is 1. The van der Waals surface area contributed by atoms with Crippen LogP contribution < -0.4 is 16.4 Å². The highest BCUT2D eigenvalue weighted by atomic mass is 32.1. The summed E-state index contributed by atoms with van der Waals surface area (Å²) in [6.45, 7) is 12.7. The van der Waals surface area contributed by atoms with Gasteiger partial charge in [0.25, 0.3) is 5.91 Å². The van der Waals surface area contributed by atoms with E-state index in [0.717, 1.165) is 43.1 Å². The van der Waals surface area contributed by atoms with E-state index < -0.39 is 0 Å². The summed E-state index contributed by atoms with van der Waals surface area (Å²) in [6.07, 6.45) is 8.16. The highest BCUT2D eigenvalue weighted by molar-refractivity contribution is 7.15. The summed E-state index contributed by atoms with van der Waals surface area (Å²) in [6, 6.07) is 6.96. The Morgan fingerprint density at radius 2 is 1.81 bits per heavy atom. The van der Waals surface area contributed by atoms with Crippen molar-refractivity contribution < 1.29 is 14.0 Å². The SMILES string of the molecule is C=CC(=O)Nc1ccc(C(=O)N2CCCCC2)cc1.CC(C)(C)c1cnc(CNCc2cnc(N)s2)o1. The van der Waals surface area contributed by atoms with E-state index in [4.69, 9.17) is 10.2 Å². The number of carbonyl (C=O) groups excluding carboxylic acids is 2. The smallest absolute Gasteiger partial charge is 0.253 e. The molecule has 1 aliphatic rings. The number of hydrogen-bond acceptors (Lipinski definition) is 8. The number of nitrogen functional groups attached to an aromatic ring is 1. The number of carbonyl (C=O) groups is 2. The van der Waals surface area contributed by atoms with E-state index in [-0.39, 0.29) is 17.2 Å². The molecule has 10 heteroatoms. The van der Waals surface area contributed by atoms with Crippen LogP contribution in [0.5, 0.6) is 0 Å². The quantitative estimate of drug-likeness (QED) is 0.381. The molecular weight excluding hydrogens is 488 g/mol. The Morgan fingerprint density at radius 3 is 2.38 bits per heavy atom. The van der Waals surface area contributed by atoms with Gasteiger partial charge in [0.1, 0.15) is 5.76 Å². The van der Waals surface area contributed by atoms with Crippen LogP contribution in [0.15, 0.2) is 53.7 Å². The van der Waals surface area contributed by atoms with Crippen molar-refractivity contribution in [3.63, 3.8) is 0 Å². The lowest BCUT2D eigenvalue weighted by atomic mass is 9.94. The number of nitrogens with zero attached hydrogens (tertiary/aromatic N) is 3. The van der Waals surface area contributed by atoms with Crippen molar-refractivity contribution >= 4 is 34.0 Å². The molecule has 198 valence electrons. The molecule has 2 amide bonds. The summed E-state index contributed by atoms with van der Waals surface area (Å²) in [4.78, 5) is 34.6. The van der Waals surface area contributed by atoms with E-state index in [1.807, 2.05) is 4.90 Å².